The maximum atomic E-state index is 11.7. The first kappa shape index (κ1) is 11.2. The lowest BCUT2D eigenvalue weighted by atomic mass is 9.86. The van der Waals surface area contributed by atoms with Gasteiger partial charge in [0.15, 0.2) is 0 Å². The highest BCUT2D eigenvalue weighted by atomic mass is 16.5. The lowest BCUT2D eigenvalue weighted by molar-refractivity contribution is -0.150. The van der Waals surface area contributed by atoms with Crippen LogP contribution in [0.3, 0.4) is 0 Å². The van der Waals surface area contributed by atoms with Gasteiger partial charge in [-0.1, -0.05) is 6.42 Å². The van der Waals surface area contributed by atoms with Gasteiger partial charge in [0, 0.05) is 6.54 Å². The summed E-state index contributed by atoms with van der Waals surface area (Å²) in [6, 6.07) is -0.972. The molecular formula is C11H18N2O3. The number of nitrogens with two attached hydrogens (primary N) is 1. The molecule has 1 atom stereocenters. The zero-order valence-corrected chi connectivity index (χ0v) is 9.35. The highest BCUT2D eigenvalue weighted by Crippen LogP contribution is 2.27. The molecule has 0 radical (unpaired) electrons. The highest BCUT2D eigenvalue weighted by molar-refractivity contribution is 5.83. The summed E-state index contributed by atoms with van der Waals surface area (Å²) in [5, 5.41) is 0. The fraction of sp³-hybridized carbons (Fsp3) is 0.818. The van der Waals surface area contributed by atoms with Crippen molar-refractivity contribution in [2.75, 3.05) is 13.2 Å². The van der Waals surface area contributed by atoms with Gasteiger partial charge in [0.25, 0.3) is 0 Å². The molecule has 1 saturated heterocycles. The van der Waals surface area contributed by atoms with Gasteiger partial charge >= 0.3 is 12.0 Å². The van der Waals surface area contributed by atoms with Crippen LogP contribution in [0.4, 0.5) is 4.79 Å². The summed E-state index contributed by atoms with van der Waals surface area (Å²) in [7, 11) is 0. The van der Waals surface area contributed by atoms with Gasteiger partial charge in [-0.05, 0) is 31.6 Å². The predicted octanol–water partition coefficient (Wildman–Crippen LogP) is 0.873. The van der Waals surface area contributed by atoms with Crippen molar-refractivity contribution in [1.82, 2.24) is 4.90 Å². The number of amides is 2. The summed E-state index contributed by atoms with van der Waals surface area (Å²) in [6.45, 7) is 1.07. The van der Waals surface area contributed by atoms with E-state index in [9.17, 15) is 9.59 Å². The Labute approximate surface area is 94.9 Å². The molecule has 1 aliphatic carbocycles. The molecule has 1 saturated carbocycles. The number of ether oxygens (including phenoxy) is 1. The Bertz CT molecular complexity index is 289. The third kappa shape index (κ3) is 2.28. The van der Waals surface area contributed by atoms with E-state index in [1.807, 2.05) is 0 Å². The summed E-state index contributed by atoms with van der Waals surface area (Å²) in [5.41, 5.74) is 5.20. The van der Waals surface area contributed by atoms with Crippen molar-refractivity contribution in [2.45, 2.75) is 38.1 Å². The second-order valence-corrected chi connectivity index (χ2v) is 4.62. The van der Waals surface area contributed by atoms with Crippen LogP contribution < -0.4 is 5.73 Å². The quantitative estimate of drug-likeness (QED) is 0.726. The van der Waals surface area contributed by atoms with E-state index in [2.05, 4.69) is 0 Å². The lowest BCUT2D eigenvalue weighted by Gasteiger charge is -2.26. The fourth-order valence-corrected chi connectivity index (χ4v) is 2.23. The minimum atomic E-state index is -0.525. The number of esters is 1. The SMILES string of the molecule is NC(=O)N1CCCC1C(=O)OCC1CCC1. The van der Waals surface area contributed by atoms with Crippen LogP contribution in [0.25, 0.3) is 0 Å². The van der Waals surface area contributed by atoms with E-state index in [0.717, 1.165) is 19.3 Å². The molecule has 1 heterocycles. The molecule has 5 heteroatoms. The van der Waals surface area contributed by atoms with E-state index in [-0.39, 0.29) is 5.97 Å². The Hall–Kier alpha value is -1.26. The van der Waals surface area contributed by atoms with E-state index in [1.54, 1.807) is 0 Å². The Morgan fingerprint density at radius 1 is 1.25 bits per heavy atom. The molecule has 5 nitrogen and oxygen atoms in total. The van der Waals surface area contributed by atoms with Crippen LogP contribution in [0.15, 0.2) is 0 Å². The van der Waals surface area contributed by atoms with Crippen LogP contribution in [-0.2, 0) is 9.53 Å². The van der Waals surface area contributed by atoms with Gasteiger partial charge in [-0.15, -0.1) is 0 Å². The second kappa shape index (κ2) is 4.72. The van der Waals surface area contributed by atoms with Crippen molar-refractivity contribution in [2.24, 2.45) is 11.7 Å². The van der Waals surface area contributed by atoms with Gasteiger partial charge in [0.05, 0.1) is 6.61 Å². The van der Waals surface area contributed by atoms with Crippen molar-refractivity contribution in [1.29, 1.82) is 0 Å². The molecule has 0 bridgehead atoms. The Kier molecular flexibility index (Phi) is 3.31. The highest BCUT2D eigenvalue weighted by Gasteiger charge is 2.34. The number of primary amides is 1. The first-order chi connectivity index (χ1) is 7.68. The van der Waals surface area contributed by atoms with E-state index in [0.29, 0.717) is 25.5 Å². The monoisotopic (exact) mass is 226 g/mol. The van der Waals surface area contributed by atoms with Gasteiger partial charge in [-0.2, -0.15) is 0 Å². The summed E-state index contributed by atoms with van der Waals surface area (Å²) in [4.78, 5) is 24.2. The molecule has 0 aromatic carbocycles. The minimum absolute atomic E-state index is 0.289. The first-order valence-electron chi connectivity index (χ1n) is 5.91. The van der Waals surface area contributed by atoms with Crippen molar-refractivity contribution in [3.05, 3.63) is 0 Å². The molecule has 0 aromatic rings. The molecule has 2 aliphatic rings. The Morgan fingerprint density at radius 2 is 2.00 bits per heavy atom. The zero-order valence-electron chi connectivity index (χ0n) is 9.35. The third-order valence-corrected chi connectivity index (χ3v) is 3.49. The van der Waals surface area contributed by atoms with Gasteiger partial charge in [0.2, 0.25) is 0 Å². The smallest absolute Gasteiger partial charge is 0.328 e. The summed E-state index contributed by atoms with van der Waals surface area (Å²) in [5.74, 6) is 0.246. The molecule has 2 N–H and O–H groups in total. The topological polar surface area (TPSA) is 72.6 Å². The van der Waals surface area contributed by atoms with E-state index in [4.69, 9.17) is 10.5 Å². The molecular weight excluding hydrogens is 208 g/mol. The van der Waals surface area contributed by atoms with Crippen LogP contribution in [0.5, 0.6) is 0 Å². The van der Waals surface area contributed by atoms with E-state index in [1.165, 1.54) is 11.3 Å². The maximum absolute atomic E-state index is 11.7. The Morgan fingerprint density at radius 3 is 2.56 bits per heavy atom. The second-order valence-electron chi connectivity index (χ2n) is 4.62. The molecule has 2 amide bonds. The van der Waals surface area contributed by atoms with Crippen molar-refractivity contribution >= 4 is 12.0 Å². The van der Waals surface area contributed by atoms with Crippen LogP contribution in [0.1, 0.15) is 32.1 Å². The van der Waals surface area contributed by atoms with Gasteiger partial charge in [-0.25, -0.2) is 9.59 Å². The van der Waals surface area contributed by atoms with Gasteiger partial charge in [0.1, 0.15) is 6.04 Å². The van der Waals surface area contributed by atoms with Crippen LogP contribution in [-0.4, -0.2) is 36.1 Å². The summed E-state index contributed by atoms with van der Waals surface area (Å²) >= 11 is 0. The van der Waals surface area contributed by atoms with Crippen LogP contribution in [0, 0.1) is 5.92 Å². The molecule has 2 rings (SSSR count). The average Bonchev–Trinajstić information content (AvgIpc) is 2.63. The Balaban J connectivity index is 1.80. The standard InChI is InChI=1S/C11H18N2O3/c12-11(15)13-6-2-5-9(13)10(14)16-7-8-3-1-4-8/h8-9H,1-7H2,(H2,12,15). The molecule has 1 aliphatic heterocycles. The van der Waals surface area contributed by atoms with Crippen molar-refractivity contribution in [3.63, 3.8) is 0 Å². The van der Waals surface area contributed by atoms with Crippen LogP contribution >= 0.6 is 0 Å². The average molecular weight is 226 g/mol. The number of urea groups is 1. The van der Waals surface area contributed by atoms with Gasteiger partial charge in [-0.3, -0.25) is 0 Å². The maximum Gasteiger partial charge on any atom is 0.328 e. The number of rotatable bonds is 3. The number of hydrogen-bond donors (Lipinski definition) is 1. The zero-order chi connectivity index (χ0) is 11.5. The molecule has 2 fully saturated rings. The number of hydrogen-bond acceptors (Lipinski definition) is 3. The normalized spacial score (nSPS) is 25.2. The summed E-state index contributed by atoms with van der Waals surface area (Å²) in [6.07, 6.45) is 5.03. The number of likely N-dealkylation sites (tertiary alicyclic amines) is 1. The molecule has 1 unspecified atom stereocenters. The first-order valence-corrected chi connectivity index (χ1v) is 5.91. The summed E-state index contributed by atoms with van der Waals surface area (Å²) < 4.78 is 5.22. The number of nitrogens with zero attached hydrogens (tertiary/aromatic N) is 1. The van der Waals surface area contributed by atoms with E-state index >= 15 is 0 Å². The number of carbonyl (C=O) groups is 2. The van der Waals surface area contributed by atoms with Gasteiger partial charge < -0.3 is 15.4 Å². The molecule has 90 valence electrons. The number of carbonyl (C=O) groups excluding carboxylic acids is 2. The van der Waals surface area contributed by atoms with Crippen molar-refractivity contribution in [3.8, 4) is 0 Å². The van der Waals surface area contributed by atoms with E-state index < -0.39 is 12.1 Å². The fourth-order valence-electron chi connectivity index (χ4n) is 2.23. The van der Waals surface area contributed by atoms with Crippen molar-refractivity contribution < 1.29 is 14.3 Å². The molecule has 0 aromatic heterocycles. The largest absolute Gasteiger partial charge is 0.464 e. The minimum Gasteiger partial charge on any atom is -0.464 e. The van der Waals surface area contributed by atoms with Crippen LogP contribution in [0.2, 0.25) is 0 Å². The third-order valence-electron chi connectivity index (χ3n) is 3.49. The molecule has 0 spiro atoms. The lowest BCUT2D eigenvalue weighted by Crippen LogP contribution is -2.44. The molecule has 16 heavy (non-hydrogen) atoms. The predicted molar refractivity (Wildman–Crippen MR) is 57.6 cm³/mol.